The van der Waals surface area contributed by atoms with Crippen molar-refractivity contribution >= 4 is 63.4 Å². The number of carbonyl (C=O) groups is 5. The van der Waals surface area contributed by atoms with Gasteiger partial charge in [0.1, 0.15) is 5.69 Å². The highest BCUT2D eigenvalue weighted by atomic mass is 35.5. The molecule has 4 aliphatic heterocycles. The number of benzene rings is 3. The number of anilines is 1. The number of H-pyrrole nitrogens is 1. The van der Waals surface area contributed by atoms with E-state index in [1.807, 2.05) is 41.4 Å². The van der Waals surface area contributed by atoms with Crippen LogP contribution in [0, 0.1) is 11.2 Å². The lowest BCUT2D eigenvalue weighted by Crippen LogP contribution is -2.61. The Balaban J connectivity index is 0.860. The van der Waals surface area contributed by atoms with Crippen molar-refractivity contribution in [1.29, 1.82) is 0 Å². The predicted octanol–water partition coefficient (Wildman–Crippen LogP) is 6.42. The second kappa shape index (κ2) is 17.1. The van der Waals surface area contributed by atoms with Crippen molar-refractivity contribution in [2.24, 2.45) is 5.41 Å². The monoisotopic (exact) mass is 873 g/mol. The van der Waals surface area contributed by atoms with Crippen molar-refractivity contribution in [3.63, 3.8) is 0 Å². The normalized spacial score (nSPS) is 17.8. The van der Waals surface area contributed by atoms with Crippen LogP contribution in [0.5, 0.6) is 0 Å². The molecular formula is C47H49ClFN9O5. The first-order valence-electron chi connectivity index (χ1n) is 21.4. The quantitative estimate of drug-likeness (QED) is 0.165. The fourth-order valence-corrected chi connectivity index (χ4v) is 9.55. The summed E-state index contributed by atoms with van der Waals surface area (Å²) in [6.45, 7) is 5.37. The minimum atomic E-state index is -0.550. The molecular weight excluding hydrogens is 825 g/mol. The van der Waals surface area contributed by atoms with Crippen LogP contribution >= 0.6 is 11.6 Å². The van der Waals surface area contributed by atoms with Crippen LogP contribution in [0.1, 0.15) is 64.1 Å². The van der Waals surface area contributed by atoms with Crippen molar-refractivity contribution in [2.75, 3.05) is 64.8 Å². The van der Waals surface area contributed by atoms with Gasteiger partial charge in [-0.1, -0.05) is 41.9 Å². The number of hydrogen-bond acceptors (Lipinski definition) is 7. The van der Waals surface area contributed by atoms with Crippen LogP contribution in [0.25, 0.3) is 27.6 Å². The van der Waals surface area contributed by atoms with Gasteiger partial charge < -0.3 is 19.7 Å². The summed E-state index contributed by atoms with van der Waals surface area (Å²) in [7, 11) is 3.32. The van der Waals surface area contributed by atoms with Crippen molar-refractivity contribution in [2.45, 2.75) is 45.2 Å². The molecule has 3 saturated heterocycles. The van der Waals surface area contributed by atoms with Gasteiger partial charge in [-0.2, -0.15) is 5.10 Å². The summed E-state index contributed by atoms with van der Waals surface area (Å²) < 4.78 is 18.3. The van der Waals surface area contributed by atoms with Crippen LogP contribution in [-0.2, 0) is 22.7 Å². The van der Waals surface area contributed by atoms with E-state index < -0.39 is 11.8 Å². The number of aromatic nitrogens is 3. The molecule has 3 fully saturated rings. The molecule has 0 aliphatic carbocycles. The summed E-state index contributed by atoms with van der Waals surface area (Å²) in [5.41, 5.74) is 5.41. The number of piperidine rings is 1. The Kier molecular flexibility index (Phi) is 11.4. The van der Waals surface area contributed by atoms with Crippen molar-refractivity contribution in [3.8, 4) is 11.1 Å². The lowest BCUT2D eigenvalue weighted by molar-refractivity contribution is -0.131. The number of imide groups is 1. The van der Waals surface area contributed by atoms with Crippen LogP contribution in [0.3, 0.4) is 0 Å². The number of likely N-dealkylation sites (tertiary alicyclic amines) is 2. The van der Waals surface area contributed by atoms with Crippen LogP contribution in [0.15, 0.2) is 79.1 Å². The topological polar surface area (TPSA) is 147 Å². The van der Waals surface area contributed by atoms with Gasteiger partial charge in [0, 0.05) is 107 Å². The fourth-order valence-electron chi connectivity index (χ4n) is 9.33. The van der Waals surface area contributed by atoms with Crippen LogP contribution in [0.4, 0.5) is 14.9 Å². The maximum absolute atomic E-state index is 16.6. The Hall–Kier alpha value is -6.32. The van der Waals surface area contributed by atoms with Gasteiger partial charge in [-0.3, -0.25) is 39.0 Å². The number of nitrogens with one attached hydrogen (secondary N) is 2. The molecule has 4 aliphatic rings. The summed E-state index contributed by atoms with van der Waals surface area (Å²) in [6.07, 6.45) is 8.49. The molecule has 1 spiro atoms. The Morgan fingerprint density at radius 1 is 0.937 bits per heavy atom. The molecule has 0 radical (unpaired) electrons. The van der Waals surface area contributed by atoms with E-state index in [1.54, 1.807) is 54.1 Å². The Labute approximate surface area is 369 Å². The first-order valence-corrected chi connectivity index (χ1v) is 21.8. The lowest BCUT2D eigenvalue weighted by Gasteiger charge is -2.54. The number of carbonyl (C=O) groups excluding carboxylic acids is 5. The highest BCUT2D eigenvalue weighted by Gasteiger charge is 2.47. The van der Waals surface area contributed by atoms with Crippen molar-refractivity contribution in [1.82, 2.24) is 39.7 Å². The zero-order valence-electron chi connectivity index (χ0n) is 35.3. The van der Waals surface area contributed by atoms with Gasteiger partial charge in [0.25, 0.3) is 11.8 Å². The van der Waals surface area contributed by atoms with Crippen molar-refractivity contribution in [3.05, 3.63) is 112 Å². The zero-order valence-corrected chi connectivity index (χ0v) is 36.1. The molecule has 3 aromatic carbocycles. The third kappa shape index (κ3) is 8.46. The molecule has 5 aromatic rings. The molecule has 16 heteroatoms. The van der Waals surface area contributed by atoms with Crippen LogP contribution in [-0.4, -0.2) is 124 Å². The van der Waals surface area contributed by atoms with Gasteiger partial charge in [-0.05, 0) is 91.0 Å². The minimum absolute atomic E-state index is 0.0166. The molecule has 14 nitrogen and oxygen atoms in total. The molecule has 0 atom stereocenters. The van der Waals surface area contributed by atoms with Gasteiger partial charge in [-0.15, -0.1) is 0 Å². The Morgan fingerprint density at radius 3 is 2.43 bits per heavy atom. The summed E-state index contributed by atoms with van der Waals surface area (Å²) in [4.78, 5) is 76.0. The van der Waals surface area contributed by atoms with Crippen molar-refractivity contribution < 1.29 is 28.4 Å². The Morgan fingerprint density at radius 2 is 1.71 bits per heavy atom. The molecule has 2 aromatic heterocycles. The summed E-state index contributed by atoms with van der Waals surface area (Å²) in [5, 5.41) is 7.45. The number of urea groups is 1. The lowest BCUT2D eigenvalue weighted by atomic mass is 9.71. The van der Waals surface area contributed by atoms with Gasteiger partial charge in [0.15, 0.2) is 5.82 Å². The summed E-state index contributed by atoms with van der Waals surface area (Å²) >= 11 is 6.42. The second-order valence-electron chi connectivity index (χ2n) is 17.4. The molecule has 326 valence electrons. The van der Waals surface area contributed by atoms with Gasteiger partial charge in [-0.25, -0.2) is 9.18 Å². The van der Waals surface area contributed by atoms with Gasteiger partial charge in [0.05, 0.1) is 16.2 Å². The number of aryl methyl sites for hydroxylation is 1. The average Bonchev–Trinajstić information content (AvgIpc) is 3.97. The number of aromatic amines is 1. The molecule has 63 heavy (non-hydrogen) atoms. The molecule has 0 unspecified atom stereocenters. The standard InChI is InChI=1S/C47H49ClFN9O5/c1-53(2)45(62)38-25-36-34(24-35(42(49)43(36)51-38)33-5-3-17-55(27-33)41(60)13-19-57-18-4-16-50-57)31-8-6-30(7-9-31)26-54-21-14-47(15-22-54)28-56(29-47)44(61)32-10-11-37(48)39(23-32)58-20-12-40(59)52-46(58)63/h4-11,16,18,23-25,51H,3,12-15,17,19-22,26-29H2,1-2H3,(H,52,59,63). The van der Waals surface area contributed by atoms with Crippen LogP contribution in [0.2, 0.25) is 5.02 Å². The number of halogens is 2. The second-order valence-corrected chi connectivity index (χ2v) is 17.8. The molecule has 0 bridgehead atoms. The summed E-state index contributed by atoms with van der Waals surface area (Å²) in [5.74, 6) is -1.18. The van der Waals surface area contributed by atoms with Gasteiger partial charge >= 0.3 is 6.03 Å². The number of nitrogens with zero attached hydrogens (tertiary/aromatic N) is 7. The first kappa shape index (κ1) is 42.0. The fraction of sp³-hybridized carbons (Fsp3) is 0.362. The average molecular weight is 874 g/mol. The molecule has 6 amide bonds. The van der Waals surface area contributed by atoms with Crippen LogP contribution < -0.4 is 10.2 Å². The Bertz CT molecular complexity index is 2640. The maximum atomic E-state index is 16.6. The third-order valence-corrected chi connectivity index (χ3v) is 13.2. The highest BCUT2D eigenvalue weighted by Crippen LogP contribution is 2.42. The molecule has 2 N–H and O–H groups in total. The summed E-state index contributed by atoms with van der Waals surface area (Å²) in [6, 6.07) is 18.1. The maximum Gasteiger partial charge on any atom is 0.328 e. The number of rotatable bonds is 10. The van der Waals surface area contributed by atoms with E-state index in [4.69, 9.17) is 11.6 Å². The van der Waals surface area contributed by atoms with E-state index in [0.29, 0.717) is 71.9 Å². The minimum Gasteiger partial charge on any atom is -0.348 e. The number of fused-ring (bicyclic) bond motifs is 1. The highest BCUT2D eigenvalue weighted by molar-refractivity contribution is 6.34. The van der Waals surface area contributed by atoms with Gasteiger partial charge in [0.2, 0.25) is 11.8 Å². The SMILES string of the molecule is CN(C)C(=O)c1cc2c(-c3ccc(CN4CCC5(CC4)CN(C(=O)c4ccc(Cl)c(N6CCC(=O)NC6=O)c4)C5)cc3)cc(C3=CCCN(C(=O)CCn4cccn4)C3)c(F)c2[nH]1. The van der Waals surface area contributed by atoms with E-state index in [0.717, 1.165) is 54.7 Å². The predicted molar refractivity (Wildman–Crippen MR) is 238 cm³/mol. The van der Waals surface area contributed by atoms with E-state index in [2.05, 4.69) is 32.4 Å². The molecule has 6 heterocycles. The van der Waals surface area contributed by atoms with E-state index in [9.17, 15) is 24.0 Å². The number of amides is 6. The largest absolute Gasteiger partial charge is 0.348 e. The zero-order chi connectivity index (χ0) is 44.0. The smallest absolute Gasteiger partial charge is 0.328 e. The first-order chi connectivity index (χ1) is 30.3. The van der Waals surface area contributed by atoms with E-state index in [-0.39, 0.29) is 54.1 Å². The number of hydrogen-bond donors (Lipinski definition) is 2. The van der Waals surface area contributed by atoms with E-state index >= 15 is 4.39 Å². The molecule has 0 saturated carbocycles. The molecule has 9 rings (SSSR count). The van der Waals surface area contributed by atoms with E-state index in [1.165, 1.54) is 9.80 Å². The third-order valence-electron chi connectivity index (χ3n) is 12.9.